The summed E-state index contributed by atoms with van der Waals surface area (Å²) in [6, 6.07) is 4.33. The van der Waals surface area contributed by atoms with Crippen LogP contribution in [0, 0.1) is 17.6 Å². The minimum Gasteiger partial charge on any atom is -0.408 e. The summed E-state index contributed by atoms with van der Waals surface area (Å²) in [7, 11) is 0. The van der Waals surface area contributed by atoms with E-state index in [1.54, 1.807) is 6.07 Å². The summed E-state index contributed by atoms with van der Waals surface area (Å²) in [5.41, 5.74) is 5.59. The zero-order valence-corrected chi connectivity index (χ0v) is 13.0. The number of hydrogen-bond donors (Lipinski definition) is 1. The van der Waals surface area contributed by atoms with Gasteiger partial charge in [-0.15, -0.1) is 5.10 Å². The molecule has 0 radical (unpaired) electrons. The molecule has 8 heteroatoms. The third kappa shape index (κ3) is 2.46. The Balaban J connectivity index is 1.48. The minimum absolute atomic E-state index is 0.0466. The molecule has 0 saturated carbocycles. The van der Waals surface area contributed by atoms with Crippen molar-refractivity contribution in [2.75, 3.05) is 38.6 Å². The SMILES string of the molecule is Nc1nnc([C@@]23COC[C@@H]2CN(CCc2cccc(F)c2F)C3)o1. The van der Waals surface area contributed by atoms with Gasteiger partial charge in [-0.1, -0.05) is 17.2 Å². The quantitative estimate of drug-likeness (QED) is 0.909. The maximum absolute atomic E-state index is 13.8. The first-order valence-electron chi connectivity index (χ1n) is 7.91. The lowest BCUT2D eigenvalue weighted by Gasteiger charge is -2.23. The normalized spacial score (nSPS) is 26.8. The molecule has 6 nitrogen and oxygen atoms in total. The number of nitrogen functional groups attached to an aromatic ring is 1. The highest BCUT2D eigenvalue weighted by Crippen LogP contribution is 2.43. The summed E-state index contributed by atoms with van der Waals surface area (Å²) in [6.07, 6.45) is 0.444. The Morgan fingerprint density at radius 3 is 3.00 bits per heavy atom. The van der Waals surface area contributed by atoms with Crippen molar-refractivity contribution in [3.8, 4) is 0 Å². The minimum atomic E-state index is -0.808. The van der Waals surface area contributed by atoms with Crippen LogP contribution in [0.25, 0.3) is 0 Å². The Hall–Kier alpha value is -2.06. The molecule has 2 atom stereocenters. The van der Waals surface area contributed by atoms with Gasteiger partial charge in [0.05, 0.1) is 18.6 Å². The van der Waals surface area contributed by atoms with E-state index < -0.39 is 11.6 Å². The lowest BCUT2D eigenvalue weighted by molar-refractivity contribution is 0.142. The molecule has 2 aromatic rings. The van der Waals surface area contributed by atoms with Gasteiger partial charge in [0.2, 0.25) is 5.89 Å². The molecule has 2 saturated heterocycles. The summed E-state index contributed by atoms with van der Waals surface area (Å²) in [6.45, 7) is 3.22. The summed E-state index contributed by atoms with van der Waals surface area (Å²) < 4.78 is 38.2. The average Bonchev–Trinajstić information content (AvgIpc) is 3.22. The number of fused-ring (bicyclic) bond motifs is 1. The molecule has 0 bridgehead atoms. The fraction of sp³-hybridized carbons (Fsp3) is 0.500. The number of hydrogen-bond acceptors (Lipinski definition) is 6. The van der Waals surface area contributed by atoms with Crippen LogP contribution in [0.3, 0.4) is 0 Å². The standard InChI is InChI=1S/C16H18F2N4O2/c17-12-3-1-2-10(13(12)18)4-5-22-6-11-7-23-9-16(11,8-22)14-20-21-15(19)24-14/h1-3,11H,4-9H2,(H2,19,21)/t11-,16-/m0/s1. The molecule has 24 heavy (non-hydrogen) atoms. The average molecular weight is 336 g/mol. The Morgan fingerprint density at radius 2 is 2.21 bits per heavy atom. The maximum Gasteiger partial charge on any atom is 0.312 e. The molecule has 2 aliphatic rings. The van der Waals surface area contributed by atoms with E-state index in [1.165, 1.54) is 6.07 Å². The van der Waals surface area contributed by atoms with E-state index in [-0.39, 0.29) is 17.3 Å². The molecule has 0 aliphatic carbocycles. The predicted octanol–water partition coefficient (Wildman–Crippen LogP) is 1.37. The number of nitrogens with zero attached hydrogens (tertiary/aromatic N) is 3. The van der Waals surface area contributed by atoms with Crippen LogP contribution < -0.4 is 5.73 Å². The van der Waals surface area contributed by atoms with Crippen molar-refractivity contribution in [1.29, 1.82) is 0 Å². The number of ether oxygens (including phenoxy) is 1. The molecule has 0 amide bonds. The van der Waals surface area contributed by atoms with Crippen LogP contribution in [0.4, 0.5) is 14.8 Å². The Kier molecular flexibility index (Phi) is 3.73. The van der Waals surface area contributed by atoms with E-state index in [4.69, 9.17) is 14.9 Å². The number of halogens is 2. The van der Waals surface area contributed by atoms with Gasteiger partial charge in [0.1, 0.15) is 0 Å². The number of likely N-dealkylation sites (tertiary alicyclic amines) is 1. The van der Waals surface area contributed by atoms with Gasteiger partial charge in [0, 0.05) is 25.6 Å². The third-order valence-corrected chi connectivity index (χ3v) is 5.04. The van der Waals surface area contributed by atoms with Crippen molar-refractivity contribution >= 4 is 6.01 Å². The molecule has 128 valence electrons. The van der Waals surface area contributed by atoms with Crippen LogP contribution in [-0.2, 0) is 16.6 Å². The molecule has 1 aromatic carbocycles. The molecule has 2 fully saturated rings. The van der Waals surface area contributed by atoms with Gasteiger partial charge < -0.3 is 19.8 Å². The number of anilines is 1. The van der Waals surface area contributed by atoms with E-state index in [2.05, 4.69) is 15.1 Å². The van der Waals surface area contributed by atoms with Crippen molar-refractivity contribution in [1.82, 2.24) is 15.1 Å². The lowest BCUT2D eigenvalue weighted by Crippen LogP contribution is -2.36. The highest BCUT2D eigenvalue weighted by atomic mass is 19.2. The second-order valence-corrected chi connectivity index (χ2v) is 6.51. The zero-order chi connectivity index (χ0) is 16.7. The summed E-state index contributed by atoms with van der Waals surface area (Å²) in [4.78, 5) is 2.21. The van der Waals surface area contributed by atoms with E-state index in [1.807, 2.05) is 0 Å². The van der Waals surface area contributed by atoms with Crippen molar-refractivity contribution in [3.63, 3.8) is 0 Å². The summed E-state index contributed by atoms with van der Waals surface area (Å²) in [5, 5.41) is 7.80. The summed E-state index contributed by atoms with van der Waals surface area (Å²) in [5.74, 6) is -0.840. The molecule has 0 spiro atoms. The molecular weight excluding hydrogens is 318 g/mol. The van der Waals surface area contributed by atoms with Gasteiger partial charge in [-0.05, 0) is 18.1 Å². The van der Waals surface area contributed by atoms with E-state index >= 15 is 0 Å². The maximum atomic E-state index is 13.8. The van der Waals surface area contributed by atoms with Crippen LogP contribution >= 0.6 is 0 Å². The highest BCUT2D eigenvalue weighted by Gasteiger charge is 2.55. The smallest absolute Gasteiger partial charge is 0.312 e. The zero-order valence-electron chi connectivity index (χ0n) is 13.0. The molecule has 2 N–H and O–H groups in total. The number of benzene rings is 1. The fourth-order valence-electron chi connectivity index (χ4n) is 3.77. The van der Waals surface area contributed by atoms with Crippen LogP contribution in [0.1, 0.15) is 11.5 Å². The number of nitrogens with two attached hydrogens (primary N) is 1. The van der Waals surface area contributed by atoms with E-state index in [9.17, 15) is 8.78 Å². The largest absolute Gasteiger partial charge is 0.408 e. The van der Waals surface area contributed by atoms with Crippen molar-refractivity contribution in [2.24, 2.45) is 5.92 Å². The number of rotatable bonds is 4. The van der Waals surface area contributed by atoms with Crippen LogP contribution in [0.15, 0.2) is 22.6 Å². The van der Waals surface area contributed by atoms with Gasteiger partial charge in [-0.3, -0.25) is 0 Å². The lowest BCUT2D eigenvalue weighted by atomic mass is 9.81. The molecule has 4 rings (SSSR count). The molecular formula is C16H18F2N4O2. The molecule has 2 aliphatic heterocycles. The molecule has 1 aromatic heterocycles. The first kappa shape index (κ1) is 15.5. The van der Waals surface area contributed by atoms with Crippen LogP contribution in [0.5, 0.6) is 0 Å². The number of aromatic nitrogens is 2. The van der Waals surface area contributed by atoms with E-state index in [0.29, 0.717) is 44.2 Å². The first-order valence-corrected chi connectivity index (χ1v) is 7.91. The van der Waals surface area contributed by atoms with Gasteiger partial charge in [0.15, 0.2) is 11.6 Å². The second kappa shape index (κ2) is 5.78. The highest BCUT2D eigenvalue weighted by molar-refractivity contribution is 5.21. The Bertz CT molecular complexity index is 753. The van der Waals surface area contributed by atoms with Gasteiger partial charge >= 0.3 is 6.01 Å². The predicted molar refractivity (Wildman–Crippen MR) is 81.2 cm³/mol. The second-order valence-electron chi connectivity index (χ2n) is 6.51. The monoisotopic (exact) mass is 336 g/mol. The fourth-order valence-corrected chi connectivity index (χ4v) is 3.77. The van der Waals surface area contributed by atoms with Crippen molar-refractivity contribution in [3.05, 3.63) is 41.3 Å². The van der Waals surface area contributed by atoms with Crippen LogP contribution in [-0.4, -0.2) is 47.9 Å². The van der Waals surface area contributed by atoms with Crippen LogP contribution in [0.2, 0.25) is 0 Å². The van der Waals surface area contributed by atoms with Gasteiger partial charge in [-0.2, -0.15) is 0 Å². The van der Waals surface area contributed by atoms with Gasteiger partial charge in [-0.25, -0.2) is 8.78 Å². The Labute approximate surface area is 137 Å². The van der Waals surface area contributed by atoms with Crippen molar-refractivity contribution < 1.29 is 17.9 Å². The van der Waals surface area contributed by atoms with Gasteiger partial charge in [0.25, 0.3) is 0 Å². The molecule has 3 heterocycles. The molecule has 0 unspecified atom stereocenters. The topological polar surface area (TPSA) is 77.4 Å². The van der Waals surface area contributed by atoms with E-state index in [0.717, 1.165) is 12.6 Å². The Morgan fingerprint density at radius 1 is 1.33 bits per heavy atom. The first-order chi connectivity index (χ1) is 11.6. The van der Waals surface area contributed by atoms with Crippen molar-refractivity contribution in [2.45, 2.75) is 11.8 Å². The third-order valence-electron chi connectivity index (χ3n) is 5.04. The summed E-state index contributed by atoms with van der Waals surface area (Å²) >= 11 is 0.